The first-order valence-electron chi connectivity index (χ1n) is 5.22. The average Bonchev–Trinajstić information content (AvgIpc) is 2.59. The highest BCUT2D eigenvalue weighted by Crippen LogP contribution is 2.11. The molecule has 5 nitrogen and oxygen atoms in total. The third-order valence-electron chi connectivity index (χ3n) is 2.12. The summed E-state index contributed by atoms with van der Waals surface area (Å²) < 4.78 is 26.9. The summed E-state index contributed by atoms with van der Waals surface area (Å²) in [6.07, 6.45) is 1.07. The van der Waals surface area contributed by atoms with Crippen LogP contribution in [0.5, 0.6) is 0 Å². The van der Waals surface area contributed by atoms with Crippen molar-refractivity contribution in [1.29, 1.82) is 0 Å². The lowest BCUT2D eigenvalue weighted by molar-refractivity contribution is 0.399. The fourth-order valence-electron chi connectivity index (χ4n) is 1.21. The Kier molecular flexibility index (Phi) is 4.52. The number of nitrogens with one attached hydrogen (secondary N) is 1. The molecule has 1 rings (SSSR count). The molecule has 0 radical (unpaired) electrons. The van der Waals surface area contributed by atoms with Gasteiger partial charge in [0.1, 0.15) is 5.76 Å². The summed E-state index contributed by atoms with van der Waals surface area (Å²) in [4.78, 5) is 0. The van der Waals surface area contributed by atoms with Gasteiger partial charge in [0.25, 0.3) is 10.0 Å². The van der Waals surface area contributed by atoms with E-state index >= 15 is 0 Å². The Morgan fingerprint density at radius 1 is 1.44 bits per heavy atom. The maximum Gasteiger partial charge on any atom is 0.271 e. The van der Waals surface area contributed by atoms with Crippen LogP contribution in [0, 0.1) is 5.92 Å². The normalized spacial score (nSPS) is 12.2. The van der Waals surface area contributed by atoms with E-state index in [0.717, 1.165) is 13.0 Å². The molecule has 1 heterocycles. The molecule has 6 heteroatoms. The minimum absolute atomic E-state index is 0.187. The Morgan fingerprint density at radius 2 is 2.12 bits per heavy atom. The van der Waals surface area contributed by atoms with Crippen LogP contribution in [-0.4, -0.2) is 15.0 Å². The van der Waals surface area contributed by atoms with Crippen LogP contribution in [0.3, 0.4) is 0 Å². The Morgan fingerprint density at radius 3 is 2.62 bits per heavy atom. The van der Waals surface area contributed by atoms with Gasteiger partial charge in [0.2, 0.25) is 5.09 Å². The largest absolute Gasteiger partial charge is 0.447 e. The first kappa shape index (κ1) is 13.2. The molecule has 0 spiro atoms. The van der Waals surface area contributed by atoms with Gasteiger partial charge >= 0.3 is 0 Å². The van der Waals surface area contributed by atoms with Gasteiger partial charge in [-0.15, -0.1) is 0 Å². The number of primary sulfonamides is 1. The molecule has 1 aromatic heterocycles. The Bertz CT molecular complexity index is 423. The van der Waals surface area contributed by atoms with Crippen molar-refractivity contribution in [1.82, 2.24) is 5.32 Å². The molecule has 0 aliphatic carbocycles. The third-order valence-corrected chi connectivity index (χ3v) is 2.90. The fourth-order valence-corrected chi connectivity index (χ4v) is 1.69. The maximum absolute atomic E-state index is 10.9. The number of hydrogen-bond donors (Lipinski definition) is 2. The van der Waals surface area contributed by atoms with Crippen molar-refractivity contribution in [3.05, 3.63) is 17.9 Å². The SMILES string of the molecule is CC(C)CCNCc1ccc(S(N)(=O)=O)o1. The van der Waals surface area contributed by atoms with Crippen LogP contribution in [0.2, 0.25) is 0 Å². The molecule has 0 bridgehead atoms. The van der Waals surface area contributed by atoms with Crippen LogP contribution >= 0.6 is 0 Å². The summed E-state index contributed by atoms with van der Waals surface area (Å²) in [5.41, 5.74) is 0. The van der Waals surface area contributed by atoms with Crippen LogP contribution in [-0.2, 0) is 16.6 Å². The molecule has 0 aliphatic heterocycles. The van der Waals surface area contributed by atoms with Crippen molar-refractivity contribution in [3.8, 4) is 0 Å². The third kappa shape index (κ3) is 4.34. The summed E-state index contributed by atoms with van der Waals surface area (Å²) in [5, 5.41) is 7.90. The second kappa shape index (κ2) is 5.47. The zero-order valence-electron chi connectivity index (χ0n) is 9.56. The van der Waals surface area contributed by atoms with Gasteiger partial charge in [0.05, 0.1) is 6.54 Å². The lowest BCUT2D eigenvalue weighted by Crippen LogP contribution is -2.16. The summed E-state index contributed by atoms with van der Waals surface area (Å²) >= 11 is 0. The van der Waals surface area contributed by atoms with Crippen molar-refractivity contribution in [2.75, 3.05) is 6.54 Å². The van der Waals surface area contributed by atoms with Crippen LogP contribution in [0.25, 0.3) is 0 Å². The molecule has 0 saturated heterocycles. The monoisotopic (exact) mass is 246 g/mol. The van der Waals surface area contributed by atoms with E-state index < -0.39 is 10.0 Å². The van der Waals surface area contributed by atoms with Crippen LogP contribution in [0.4, 0.5) is 0 Å². The number of nitrogens with two attached hydrogens (primary N) is 1. The van der Waals surface area contributed by atoms with Gasteiger partial charge in [-0.05, 0) is 31.0 Å². The molecule has 0 atom stereocenters. The second-order valence-corrected chi connectivity index (χ2v) is 5.62. The van der Waals surface area contributed by atoms with E-state index in [1.807, 2.05) is 0 Å². The van der Waals surface area contributed by atoms with E-state index in [-0.39, 0.29) is 5.09 Å². The van der Waals surface area contributed by atoms with Crippen molar-refractivity contribution < 1.29 is 12.8 Å². The van der Waals surface area contributed by atoms with Crippen LogP contribution in [0.1, 0.15) is 26.0 Å². The lowest BCUT2D eigenvalue weighted by atomic mass is 10.1. The Labute approximate surface area is 96.1 Å². The van der Waals surface area contributed by atoms with Gasteiger partial charge in [0, 0.05) is 0 Å². The highest BCUT2D eigenvalue weighted by molar-refractivity contribution is 7.89. The van der Waals surface area contributed by atoms with Crippen LogP contribution in [0.15, 0.2) is 21.6 Å². The predicted molar refractivity (Wildman–Crippen MR) is 61.2 cm³/mol. The van der Waals surface area contributed by atoms with Gasteiger partial charge in [-0.3, -0.25) is 0 Å². The van der Waals surface area contributed by atoms with Gasteiger partial charge in [0.15, 0.2) is 0 Å². The van der Waals surface area contributed by atoms with Crippen molar-refractivity contribution in [2.45, 2.75) is 31.9 Å². The van der Waals surface area contributed by atoms with Gasteiger partial charge in [-0.25, -0.2) is 13.6 Å². The number of furan rings is 1. The summed E-state index contributed by atoms with van der Waals surface area (Å²) in [5.74, 6) is 1.22. The summed E-state index contributed by atoms with van der Waals surface area (Å²) in [6, 6.07) is 2.98. The molecule has 0 amide bonds. The van der Waals surface area contributed by atoms with E-state index in [4.69, 9.17) is 9.56 Å². The number of hydrogen-bond acceptors (Lipinski definition) is 4. The first-order valence-corrected chi connectivity index (χ1v) is 6.76. The molecule has 1 aromatic rings. The highest BCUT2D eigenvalue weighted by Gasteiger charge is 2.12. The fraction of sp³-hybridized carbons (Fsp3) is 0.600. The average molecular weight is 246 g/mol. The quantitative estimate of drug-likeness (QED) is 0.735. The minimum atomic E-state index is -3.72. The van der Waals surface area contributed by atoms with E-state index in [1.165, 1.54) is 6.07 Å². The van der Waals surface area contributed by atoms with Crippen molar-refractivity contribution in [3.63, 3.8) is 0 Å². The summed E-state index contributed by atoms with van der Waals surface area (Å²) in [7, 11) is -3.72. The predicted octanol–water partition coefficient (Wildman–Crippen LogP) is 1.06. The van der Waals surface area contributed by atoms with E-state index in [0.29, 0.717) is 18.2 Å². The van der Waals surface area contributed by atoms with E-state index in [1.54, 1.807) is 6.07 Å². The second-order valence-electron chi connectivity index (χ2n) is 4.13. The number of rotatable bonds is 6. The van der Waals surface area contributed by atoms with E-state index in [2.05, 4.69) is 19.2 Å². The zero-order chi connectivity index (χ0) is 12.2. The molecule has 0 aliphatic rings. The highest BCUT2D eigenvalue weighted by atomic mass is 32.2. The molecule has 92 valence electrons. The molecule has 0 aromatic carbocycles. The van der Waals surface area contributed by atoms with Crippen LogP contribution < -0.4 is 10.5 Å². The topological polar surface area (TPSA) is 85.3 Å². The van der Waals surface area contributed by atoms with Gasteiger partial charge in [-0.1, -0.05) is 13.8 Å². The molecular weight excluding hydrogens is 228 g/mol. The van der Waals surface area contributed by atoms with Gasteiger partial charge < -0.3 is 9.73 Å². The molecule has 0 saturated carbocycles. The molecule has 3 N–H and O–H groups in total. The maximum atomic E-state index is 10.9. The lowest BCUT2D eigenvalue weighted by Gasteiger charge is -2.04. The van der Waals surface area contributed by atoms with Crippen molar-refractivity contribution >= 4 is 10.0 Å². The smallest absolute Gasteiger partial charge is 0.271 e. The minimum Gasteiger partial charge on any atom is -0.447 e. The Hall–Kier alpha value is -0.850. The summed E-state index contributed by atoms with van der Waals surface area (Å²) in [6.45, 7) is 5.69. The standard InChI is InChI=1S/C10H18N2O3S/c1-8(2)5-6-12-7-9-3-4-10(15-9)16(11,13)14/h3-4,8,12H,5-7H2,1-2H3,(H2,11,13,14). The first-order chi connectivity index (χ1) is 7.39. The Balaban J connectivity index is 2.42. The molecular formula is C10H18N2O3S. The number of sulfonamides is 1. The zero-order valence-corrected chi connectivity index (χ0v) is 10.4. The molecule has 16 heavy (non-hydrogen) atoms. The molecule has 0 fully saturated rings. The van der Waals surface area contributed by atoms with Gasteiger partial charge in [-0.2, -0.15) is 0 Å². The van der Waals surface area contributed by atoms with Crippen molar-refractivity contribution in [2.24, 2.45) is 11.1 Å². The molecule has 0 unspecified atom stereocenters. The van der Waals surface area contributed by atoms with E-state index in [9.17, 15) is 8.42 Å².